The van der Waals surface area contributed by atoms with Crippen LogP contribution in [0.25, 0.3) is 0 Å². The average molecular weight is 523 g/mol. The molecule has 0 bridgehead atoms. The van der Waals surface area contributed by atoms with Gasteiger partial charge in [-0.25, -0.2) is 4.39 Å². The smallest absolute Gasteiger partial charge is 0.227 e. The maximum atomic E-state index is 14.7. The van der Waals surface area contributed by atoms with Crippen molar-refractivity contribution >= 4 is 5.91 Å². The number of halogens is 1. The molecule has 212 valence electrons. The van der Waals surface area contributed by atoms with Crippen molar-refractivity contribution in [1.82, 2.24) is 20.9 Å². The summed E-state index contributed by atoms with van der Waals surface area (Å²) in [5.74, 6) is -0.662. The molecule has 4 heterocycles. The second kappa shape index (κ2) is 12.1. The van der Waals surface area contributed by atoms with Crippen LogP contribution in [0.2, 0.25) is 0 Å². The van der Waals surface area contributed by atoms with Crippen molar-refractivity contribution in [3.8, 4) is 0 Å². The number of hydrogen-bond acceptors (Lipinski definition) is 7. The van der Waals surface area contributed by atoms with Crippen molar-refractivity contribution < 1.29 is 13.9 Å². The van der Waals surface area contributed by atoms with Crippen molar-refractivity contribution in [2.75, 3.05) is 45.9 Å². The highest BCUT2D eigenvalue weighted by molar-refractivity contribution is 5.80. The summed E-state index contributed by atoms with van der Waals surface area (Å²) in [5, 5.41) is 10.3. The molecule has 0 radical (unpaired) electrons. The first kappa shape index (κ1) is 27.7. The van der Waals surface area contributed by atoms with Crippen LogP contribution in [0.1, 0.15) is 77.0 Å². The first-order chi connectivity index (χ1) is 17.9. The quantitative estimate of drug-likeness (QED) is 0.348. The third kappa shape index (κ3) is 6.49. The molecule has 4 aliphatic heterocycles. The van der Waals surface area contributed by atoms with Crippen LogP contribution >= 0.6 is 0 Å². The molecule has 1 saturated carbocycles. The minimum Gasteiger partial charge on any atom is -0.380 e. The number of nitrogens with zero attached hydrogens (tertiary/aromatic N) is 1. The van der Waals surface area contributed by atoms with E-state index in [0.717, 1.165) is 77.9 Å². The maximum absolute atomic E-state index is 14.7. The van der Waals surface area contributed by atoms with Crippen LogP contribution in [0.15, 0.2) is 0 Å². The predicted octanol–water partition coefficient (Wildman–Crippen LogP) is 1.63. The summed E-state index contributed by atoms with van der Waals surface area (Å²) in [7, 11) is 0. The zero-order chi connectivity index (χ0) is 25.9. The minimum atomic E-state index is -0.896. The van der Waals surface area contributed by atoms with E-state index in [-0.39, 0.29) is 30.0 Å². The lowest BCUT2D eigenvalue weighted by Gasteiger charge is -2.52. The Labute approximate surface area is 222 Å². The van der Waals surface area contributed by atoms with Gasteiger partial charge in [0.25, 0.3) is 0 Å². The molecule has 2 spiro atoms. The number of piperidine rings is 2. The first-order valence-electron chi connectivity index (χ1n) is 15.1. The van der Waals surface area contributed by atoms with Crippen molar-refractivity contribution in [3.05, 3.63) is 0 Å². The first-order valence-corrected chi connectivity index (χ1v) is 15.1. The van der Waals surface area contributed by atoms with Crippen LogP contribution in [-0.2, 0) is 9.53 Å². The lowest BCUT2D eigenvalue weighted by Crippen LogP contribution is -2.66. The number of nitrogens with one attached hydrogen (secondary N) is 3. The van der Waals surface area contributed by atoms with Crippen LogP contribution < -0.4 is 27.4 Å². The number of carbonyl (C=O) groups is 1. The molecule has 0 aromatic carbocycles. The lowest BCUT2D eigenvalue weighted by molar-refractivity contribution is -0.152. The monoisotopic (exact) mass is 522 g/mol. The fraction of sp³-hybridized carbons (Fsp3) is 0.964. The fourth-order valence-corrected chi connectivity index (χ4v) is 8.22. The van der Waals surface area contributed by atoms with Crippen LogP contribution in [0.4, 0.5) is 4.39 Å². The van der Waals surface area contributed by atoms with E-state index >= 15 is 0 Å². The minimum absolute atomic E-state index is 0.00698. The van der Waals surface area contributed by atoms with E-state index in [4.69, 9.17) is 16.2 Å². The van der Waals surface area contributed by atoms with E-state index in [2.05, 4.69) is 20.9 Å². The molecule has 5 atom stereocenters. The third-order valence-electron chi connectivity index (χ3n) is 10.3. The fourth-order valence-electron chi connectivity index (χ4n) is 8.22. The normalized spacial score (nSPS) is 35.8. The summed E-state index contributed by atoms with van der Waals surface area (Å²) < 4.78 is 20.3. The topological polar surface area (TPSA) is 118 Å². The molecule has 8 nitrogen and oxygen atoms in total. The molecular formula is C28H51FN6O2. The van der Waals surface area contributed by atoms with Gasteiger partial charge < -0.3 is 32.2 Å². The molecule has 0 aromatic rings. The summed E-state index contributed by atoms with van der Waals surface area (Å²) in [6.45, 7) is 5.82. The van der Waals surface area contributed by atoms with Gasteiger partial charge in [0.15, 0.2) is 0 Å². The zero-order valence-electron chi connectivity index (χ0n) is 22.7. The van der Waals surface area contributed by atoms with Crippen molar-refractivity contribution in [2.45, 2.75) is 108 Å². The van der Waals surface area contributed by atoms with Gasteiger partial charge in [0, 0.05) is 37.1 Å². The van der Waals surface area contributed by atoms with Crippen LogP contribution in [0, 0.1) is 16.7 Å². The van der Waals surface area contributed by atoms with Crippen LogP contribution in [0.3, 0.4) is 0 Å². The van der Waals surface area contributed by atoms with Gasteiger partial charge in [0.2, 0.25) is 5.91 Å². The summed E-state index contributed by atoms with van der Waals surface area (Å²) in [6.07, 6.45) is 11.2. The molecule has 37 heavy (non-hydrogen) atoms. The number of alkyl halides is 1. The van der Waals surface area contributed by atoms with E-state index < -0.39 is 18.3 Å². The van der Waals surface area contributed by atoms with Crippen LogP contribution in [-0.4, -0.2) is 87.2 Å². The summed E-state index contributed by atoms with van der Waals surface area (Å²) in [4.78, 5) is 16.5. The second-order valence-electron chi connectivity index (χ2n) is 13.1. The second-order valence-corrected chi connectivity index (χ2v) is 13.1. The van der Waals surface area contributed by atoms with Crippen molar-refractivity contribution in [3.63, 3.8) is 0 Å². The summed E-state index contributed by atoms with van der Waals surface area (Å²) >= 11 is 0. The Morgan fingerprint density at radius 3 is 2.49 bits per heavy atom. The molecule has 1 aliphatic carbocycles. The summed E-state index contributed by atoms with van der Waals surface area (Å²) in [5.41, 5.74) is 13.1. The SMILES string of the molecule is NC(N)C(C(=O)NC1CNCCC1N1CCCC2(COC2)C1)C1CC2(CCCCC2)CCCC(F)CN1. The molecule has 9 heteroatoms. The summed E-state index contributed by atoms with van der Waals surface area (Å²) in [6, 6.07) is 0.0911. The highest BCUT2D eigenvalue weighted by Crippen LogP contribution is 2.46. The standard InChI is InChI=1S/C28H51FN6O2/c29-20-6-4-10-27(8-2-1-3-9-27)14-21(33-15-20)24(25(30)31)26(36)34-22-16-32-12-7-23(22)35-13-5-11-28(17-35)18-37-19-28/h20-25,32-33H,1-19,30-31H2,(H,34,36). The largest absolute Gasteiger partial charge is 0.380 e. The Morgan fingerprint density at radius 2 is 1.76 bits per heavy atom. The number of likely N-dealkylation sites (tertiary alicyclic amines) is 1. The highest BCUT2D eigenvalue weighted by Gasteiger charge is 2.46. The zero-order valence-corrected chi connectivity index (χ0v) is 22.7. The number of amides is 1. The third-order valence-corrected chi connectivity index (χ3v) is 10.3. The van der Waals surface area contributed by atoms with Crippen molar-refractivity contribution in [2.24, 2.45) is 28.2 Å². The van der Waals surface area contributed by atoms with Gasteiger partial charge in [-0.1, -0.05) is 19.3 Å². The number of rotatable bonds is 5. The number of nitrogens with two attached hydrogens (primary N) is 2. The Balaban J connectivity index is 1.30. The van der Waals surface area contributed by atoms with E-state index in [1.54, 1.807) is 0 Å². The van der Waals surface area contributed by atoms with Gasteiger partial charge in [-0.05, 0) is 76.3 Å². The number of hydrogen-bond donors (Lipinski definition) is 5. The van der Waals surface area contributed by atoms with Crippen molar-refractivity contribution in [1.29, 1.82) is 0 Å². The lowest BCUT2D eigenvalue weighted by atomic mass is 9.66. The van der Waals surface area contributed by atoms with E-state index in [9.17, 15) is 9.18 Å². The molecule has 7 N–H and O–H groups in total. The van der Waals surface area contributed by atoms with Gasteiger partial charge in [0.1, 0.15) is 6.17 Å². The van der Waals surface area contributed by atoms with Gasteiger partial charge in [0.05, 0.1) is 31.3 Å². The Hall–Kier alpha value is -0.840. The molecule has 5 unspecified atom stereocenters. The van der Waals surface area contributed by atoms with Crippen LogP contribution in [0.5, 0.6) is 0 Å². The molecule has 5 fully saturated rings. The Kier molecular flexibility index (Phi) is 9.09. The van der Waals surface area contributed by atoms with E-state index in [0.29, 0.717) is 17.9 Å². The molecule has 5 rings (SSSR count). The molecule has 1 amide bonds. The molecule has 0 aromatic heterocycles. The van der Waals surface area contributed by atoms with Gasteiger partial charge in [-0.3, -0.25) is 9.69 Å². The maximum Gasteiger partial charge on any atom is 0.227 e. The Bertz CT molecular complexity index is 759. The molecule has 4 saturated heterocycles. The average Bonchev–Trinajstić information content (AvgIpc) is 2.93. The molecule has 5 aliphatic rings. The molecular weight excluding hydrogens is 471 g/mol. The van der Waals surface area contributed by atoms with Gasteiger partial charge >= 0.3 is 0 Å². The van der Waals surface area contributed by atoms with E-state index in [1.807, 2.05) is 0 Å². The van der Waals surface area contributed by atoms with Gasteiger partial charge in [-0.2, -0.15) is 0 Å². The van der Waals surface area contributed by atoms with Gasteiger partial charge in [-0.15, -0.1) is 0 Å². The van der Waals surface area contributed by atoms with E-state index in [1.165, 1.54) is 32.1 Å². The predicted molar refractivity (Wildman–Crippen MR) is 144 cm³/mol. The number of carbonyl (C=O) groups excluding carboxylic acids is 1. The number of ether oxygens (including phenoxy) is 1. The highest BCUT2D eigenvalue weighted by atomic mass is 19.1. The Morgan fingerprint density at radius 1 is 1.00 bits per heavy atom.